The fourth-order valence-corrected chi connectivity index (χ4v) is 2.17. The first-order chi connectivity index (χ1) is 12.2. The lowest BCUT2D eigenvalue weighted by Crippen LogP contribution is -2.36. The lowest BCUT2D eigenvalue weighted by atomic mass is 10.1. The summed E-state index contributed by atoms with van der Waals surface area (Å²) in [6.45, 7) is 1.79. The van der Waals surface area contributed by atoms with E-state index in [0.29, 0.717) is 26.1 Å². The molecule has 25 heavy (non-hydrogen) atoms. The molecule has 2 N–H and O–H groups in total. The second-order valence-electron chi connectivity index (χ2n) is 5.43. The molecule has 0 heterocycles. The zero-order valence-corrected chi connectivity index (χ0v) is 14.3. The fourth-order valence-electron chi connectivity index (χ4n) is 2.17. The van der Waals surface area contributed by atoms with Crippen LogP contribution < -0.4 is 20.1 Å². The zero-order chi connectivity index (χ0) is 17.9. The van der Waals surface area contributed by atoms with E-state index < -0.39 is 0 Å². The summed E-state index contributed by atoms with van der Waals surface area (Å²) < 4.78 is 23.4. The highest BCUT2D eigenvalue weighted by Crippen LogP contribution is 2.16. The molecule has 1 amide bonds. The van der Waals surface area contributed by atoms with Gasteiger partial charge in [0.1, 0.15) is 23.9 Å². The van der Waals surface area contributed by atoms with Crippen LogP contribution in [0.2, 0.25) is 0 Å². The normalized spacial score (nSPS) is 10.3. The van der Waals surface area contributed by atoms with Crippen LogP contribution >= 0.6 is 0 Å². The summed E-state index contributed by atoms with van der Waals surface area (Å²) in [6.07, 6.45) is 0.673. The maximum atomic E-state index is 12.8. The van der Waals surface area contributed by atoms with Crippen LogP contribution in [0.5, 0.6) is 11.5 Å². The van der Waals surface area contributed by atoms with Crippen molar-refractivity contribution < 1.29 is 18.7 Å². The quantitative estimate of drug-likeness (QED) is 0.647. The summed E-state index contributed by atoms with van der Waals surface area (Å²) in [5, 5.41) is 5.84. The molecule has 0 saturated carbocycles. The molecule has 2 aromatic carbocycles. The number of methoxy groups -OCH3 is 1. The minimum Gasteiger partial charge on any atom is -0.497 e. The number of benzene rings is 2. The number of ether oxygens (including phenoxy) is 2. The Kier molecular flexibility index (Phi) is 7.72. The molecule has 0 atom stereocenters. The Morgan fingerprint density at radius 3 is 2.36 bits per heavy atom. The van der Waals surface area contributed by atoms with E-state index in [-0.39, 0.29) is 18.3 Å². The molecule has 0 spiro atoms. The Bertz CT molecular complexity index is 645. The lowest BCUT2D eigenvalue weighted by Gasteiger charge is -2.09. The third-order valence-electron chi connectivity index (χ3n) is 3.54. The molecule has 0 saturated heterocycles. The highest BCUT2D eigenvalue weighted by molar-refractivity contribution is 5.77. The minimum absolute atomic E-state index is 0.0773. The van der Waals surface area contributed by atoms with Gasteiger partial charge in [-0.05, 0) is 48.4 Å². The van der Waals surface area contributed by atoms with E-state index in [0.717, 1.165) is 17.1 Å². The molecular formula is C19H23FN2O3. The fraction of sp³-hybridized carbons (Fsp3) is 0.316. The predicted octanol–water partition coefficient (Wildman–Crippen LogP) is 2.16. The number of rotatable bonds is 10. The van der Waals surface area contributed by atoms with Gasteiger partial charge in [0, 0.05) is 13.1 Å². The SMILES string of the molecule is COc1ccc(OCCNCC(=O)NCCc2ccc(F)cc2)cc1. The molecular weight excluding hydrogens is 323 g/mol. The van der Waals surface area contributed by atoms with Crippen molar-refractivity contribution in [2.45, 2.75) is 6.42 Å². The van der Waals surface area contributed by atoms with Gasteiger partial charge in [-0.1, -0.05) is 12.1 Å². The Labute approximate surface area is 147 Å². The van der Waals surface area contributed by atoms with Gasteiger partial charge >= 0.3 is 0 Å². The van der Waals surface area contributed by atoms with Crippen molar-refractivity contribution in [2.24, 2.45) is 0 Å². The summed E-state index contributed by atoms with van der Waals surface area (Å²) in [7, 11) is 1.62. The number of carbonyl (C=O) groups excluding carboxylic acids is 1. The number of hydrogen-bond acceptors (Lipinski definition) is 4. The molecule has 0 unspecified atom stereocenters. The average molecular weight is 346 g/mol. The summed E-state index contributed by atoms with van der Waals surface area (Å²) in [4.78, 5) is 11.7. The van der Waals surface area contributed by atoms with Crippen LogP contribution in [0, 0.1) is 5.82 Å². The molecule has 134 valence electrons. The topological polar surface area (TPSA) is 59.6 Å². The Hall–Kier alpha value is -2.60. The van der Waals surface area contributed by atoms with E-state index in [1.807, 2.05) is 24.3 Å². The number of hydrogen-bond donors (Lipinski definition) is 2. The van der Waals surface area contributed by atoms with Gasteiger partial charge in [0.05, 0.1) is 13.7 Å². The van der Waals surface area contributed by atoms with E-state index in [1.54, 1.807) is 19.2 Å². The van der Waals surface area contributed by atoms with E-state index >= 15 is 0 Å². The minimum atomic E-state index is -0.256. The summed E-state index contributed by atoms with van der Waals surface area (Å²) in [5.41, 5.74) is 0.988. The van der Waals surface area contributed by atoms with Crippen LogP contribution in [0.3, 0.4) is 0 Å². The lowest BCUT2D eigenvalue weighted by molar-refractivity contribution is -0.120. The molecule has 0 aliphatic heterocycles. The standard InChI is InChI=1S/C19H23FN2O3/c1-24-17-6-8-18(9-7-17)25-13-12-21-14-19(23)22-11-10-15-2-4-16(20)5-3-15/h2-9,21H,10-14H2,1H3,(H,22,23). The highest BCUT2D eigenvalue weighted by Gasteiger charge is 2.01. The third kappa shape index (κ3) is 7.22. The zero-order valence-electron chi connectivity index (χ0n) is 14.3. The Morgan fingerprint density at radius 1 is 1.00 bits per heavy atom. The van der Waals surface area contributed by atoms with Crippen LogP contribution in [-0.2, 0) is 11.2 Å². The molecule has 5 nitrogen and oxygen atoms in total. The third-order valence-corrected chi connectivity index (χ3v) is 3.54. The predicted molar refractivity (Wildman–Crippen MR) is 94.5 cm³/mol. The molecule has 2 aromatic rings. The average Bonchev–Trinajstić information content (AvgIpc) is 2.63. The molecule has 0 bridgehead atoms. The Balaban J connectivity index is 1.52. The number of amides is 1. The highest BCUT2D eigenvalue weighted by atomic mass is 19.1. The molecule has 0 aliphatic rings. The van der Waals surface area contributed by atoms with Gasteiger partial charge in [0.25, 0.3) is 0 Å². The molecule has 0 fully saturated rings. The maximum absolute atomic E-state index is 12.8. The van der Waals surface area contributed by atoms with Gasteiger partial charge in [0.2, 0.25) is 5.91 Å². The molecule has 0 radical (unpaired) electrons. The number of carbonyl (C=O) groups is 1. The van der Waals surface area contributed by atoms with E-state index in [9.17, 15) is 9.18 Å². The van der Waals surface area contributed by atoms with Gasteiger partial charge in [-0.25, -0.2) is 4.39 Å². The number of halogens is 1. The molecule has 0 aromatic heterocycles. The van der Waals surface area contributed by atoms with Gasteiger partial charge in [-0.2, -0.15) is 0 Å². The van der Waals surface area contributed by atoms with Crippen molar-refractivity contribution in [1.82, 2.24) is 10.6 Å². The van der Waals surface area contributed by atoms with Crippen molar-refractivity contribution in [3.8, 4) is 11.5 Å². The first-order valence-electron chi connectivity index (χ1n) is 8.16. The Morgan fingerprint density at radius 2 is 1.68 bits per heavy atom. The van der Waals surface area contributed by atoms with Crippen LogP contribution in [0.25, 0.3) is 0 Å². The smallest absolute Gasteiger partial charge is 0.233 e. The van der Waals surface area contributed by atoms with Gasteiger partial charge in [-0.3, -0.25) is 4.79 Å². The van der Waals surface area contributed by atoms with Gasteiger partial charge in [0.15, 0.2) is 0 Å². The van der Waals surface area contributed by atoms with Crippen molar-refractivity contribution in [3.05, 3.63) is 59.9 Å². The number of nitrogens with one attached hydrogen (secondary N) is 2. The molecule has 6 heteroatoms. The summed E-state index contributed by atoms with van der Waals surface area (Å²) in [5.74, 6) is 1.20. The van der Waals surface area contributed by atoms with Gasteiger partial charge < -0.3 is 20.1 Å². The van der Waals surface area contributed by atoms with Crippen molar-refractivity contribution >= 4 is 5.91 Å². The van der Waals surface area contributed by atoms with Crippen LogP contribution in [0.15, 0.2) is 48.5 Å². The summed E-state index contributed by atoms with van der Waals surface area (Å²) >= 11 is 0. The molecule has 2 rings (SSSR count). The van der Waals surface area contributed by atoms with E-state index in [1.165, 1.54) is 12.1 Å². The van der Waals surface area contributed by atoms with Crippen molar-refractivity contribution in [1.29, 1.82) is 0 Å². The van der Waals surface area contributed by atoms with E-state index in [4.69, 9.17) is 9.47 Å². The summed E-state index contributed by atoms with van der Waals surface area (Å²) in [6, 6.07) is 13.6. The first kappa shape index (κ1) is 18.7. The van der Waals surface area contributed by atoms with E-state index in [2.05, 4.69) is 10.6 Å². The largest absolute Gasteiger partial charge is 0.497 e. The van der Waals surface area contributed by atoms with Crippen molar-refractivity contribution in [2.75, 3.05) is 33.4 Å². The van der Waals surface area contributed by atoms with Crippen LogP contribution in [-0.4, -0.2) is 39.3 Å². The second-order valence-corrected chi connectivity index (χ2v) is 5.43. The monoisotopic (exact) mass is 346 g/mol. The second kappa shape index (κ2) is 10.3. The maximum Gasteiger partial charge on any atom is 0.233 e. The van der Waals surface area contributed by atoms with Crippen molar-refractivity contribution in [3.63, 3.8) is 0 Å². The first-order valence-corrected chi connectivity index (χ1v) is 8.16. The van der Waals surface area contributed by atoms with Crippen LogP contribution in [0.4, 0.5) is 4.39 Å². The van der Waals surface area contributed by atoms with Crippen LogP contribution in [0.1, 0.15) is 5.56 Å². The molecule has 0 aliphatic carbocycles. The van der Waals surface area contributed by atoms with Gasteiger partial charge in [-0.15, -0.1) is 0 Å².